The minimum atomic E-state index is -0.0278. The number of hydrogen-bond donors (Lipinski definition) is 2. The molecular weight excluding hydrogens is 332 g/mol. The van der Waals surface area contributed by atoms with E-state index in [1.165, 1.54) is 16.5 Å². The number of aryl methyl sites for hydroxylation is 2. The van der Waals surface area contributed by atoms with Crippen molar-refractivity contribution < 1.29 is 4.74 Å². The van der Waals surface area contributed by atoms with Crippen LogP contribution in [-0.2, 0) is 0 Å². The molecule has 1 aromatic heterocycles. The van der Waals surface area contributed by atoms with Crippen molar-refractivity contribution in [2.45, 2.75) is 19.9 Å². The predicted octanol–water partition coefficient (Wildman–Crippen LogP) is 5.99. The van der Waals surface area contributed by atoms with Gasteiger partial charge in [0.05, 0.1) is 13.2 Å². The first-order valence-electron chi connectivity index (χ1n) is 9.20. The van der Waals surface area contributed by atoms with Gasteiger partial charge in [-0.3, -0.25) is 0 Å². The van der Waals surface area contributed by atoms with Crippen LogP contribution in [0.3, 0.4) is 0 Å². The number of hydrogen-bond acceptors (Lipinski definition) is 2. The van der Waals surface area contributed by atoms with Gasteiger partial charge < -0.3 is 15.0 Å². The zero-order valence-electron chi connectivity index (χ0n) is 15.9. The maximum absolute atomic E-state index is 5.68. The molecule has 3 aromatic carbocycles. The van der Waals surface area contributed by atoms with Crippen LogP contribution >= 0.6 is 0 Å². The number of aromatic nitrogens is 1. The number of nitrogens with one attached hydrogen (secondary N) is 2. The summed E-state index contributed by atoms with van der Waals surface area (Å²) in [6.45, 7) is 4.24. The van der Waals surface area contributed by atoms with Crippen molar-refractivity contribution in [2.75, 3.05) is 12.4 Å². The number of H-pyrrole nitrogens is 1. The van der Waals surface area contributed by atoms with E-state index in [9.17, 15) is 0 Å². The fourth-order valence-electron chi connectivity index (χ4n) is 3.70. The summed E-state index contributed by atoms with van der Waals surface area (Å²) >= 11 is 0. The summed E-state index contributed by atoms with van der Waals surface area (Å²) in [4.78, 5) is 3.53. The van der Waals surface area contributed by atoms with Crippen LogP contribution in [0.4, 0.5) is 5.69 Å². The Morgan fingerprint density at radius 2 is 1.56 bits per heavy atom. The molecule has 0 saturated heterocycles. The molecule has 27 heavy (non-hydrogen) atoms. The Bertz CT molecular complexity index is 1060. The predicted molar refractivity (Wildman–Crippen MR) is 113 cm³/mol. The van der Waals surface area contributed by atoms with E-state index in [0.29, 0.717) is 0 Å². The molecule has 0 fully saturated rings. The van der Waals surface area contributed by atoms with Crippen molar-refractivity contribution in [2.24, 2.45) is 0 Å². The van der Waals surface area contributed by atoms with Gasteiger partial charge in [0.15, 0.2) is 0 Å². The number of anilines is 1. The molecule has 2 N–H and O–H groups in total. The number of ether oxygens (including phenoxy) is 1. The monoisotopic (exact) mass is 356 g/mol. The van der Waals surface area contributed by atoms with Gasteiger partial charge >= 0.3 is 0 Å². The van der Waals surface area contributed by atoms with Crippen molar-refractivity contribution in [3.63, 3.8) is 0 Å². The first-order valence-corrected chi connectivity index (χ1v) is 9.20. The SMILES string of the molecule is COc1ccccc1[C@H](Nc1ccc(C)cc1)c1c(C)[nH]c2ccccc12. The molecule has 1 atom stereocenters. The largest absolute Gasteiger partial charge is 0.496 e. The molecule has 0 bridgehead atoms. The third kappa shape index (κ3) is 3.28. The molecule has 0 radical (unpaired) electrons. The highest BCUT2D eigenvalue weighted by molar-refractivity contribution is 5.86. The Balaban J connectivity index is 1.89. The lowest BCUT2D eigenvalue weighted by Gasteiger charge is -2.23. The quantitative estimate of drug-likeness (QED) is 0.460. The van der Waals surface area contributed by atoms with Gasteiger partial charge in [0.2, 0.25) is 0 Å². The molecule has 4 aromatic rings. The first kappa shape index (κ1) is 17.2. The van der Waals surface area contributed by atoms with Gasteiger partial charge in [-0.15, -0.1) is 0 Å². The minimum Gasteiger partial charge on any atom is -0.496 e. The lowest BCUT2D eigenvalue weighted by Crippen LogP contribution is -2.14. The first-order chi connectivity index (χ1) is 13.2. The second-order valence-electron chi connectivity index (χ2n) is 6.89. The summed E-state index contributed by atoms with van der Waals surface area (Å²) in [5.74, 6) is 0.881. The summed E-state index contributed by atoms with van der Waals surface area (Å²) in [5, 5.41) is 4.96. The van der Waals surface area contributed by atoms with Crippen molar-refractivity contribution in [3.8, 4) is 5.75 Å². The van der Waals surface area contributed by atoms with Gasteiger partial charge in [-0.05, 0) is 38.1 Å². The third-order valence-corrected chi connectivity index (χ3v) is 5.04. The lowest BCUT2D eigenvalue weighted by molar-refractivity contribution is 0.408. The van der Waals surface area contributed by atoms with E-state index in [1.54, 1.807) is 7.11 Å². The van der Waals surface area contributed by atoms with E-state index in [2.05, 4.69) is 84.8 Å². The van der Waals surface area contributed by atoms with Gasteiger partial charge in [0.1, 0.15) is 5.75 Å². The molecule has 136 valence electrons. The number of rotatable bonds is 5. The second kappa shape index (κ2) is 7.20. The fraction of sp³-hybridized carbons (Fsp3) is 0.167. The molecule has 0 spiro atoms. The summed E-state index contributed by atoms with van der Waals surface area (Å²) in [6, 6.07) is 25.1. The fourth-order valence-corrected chi connectivity index (χ4v) is 3.70. The third-order valence-electron chi connectivity index (χ3n) is 5.04. The van der Waals surface area contributed by atoms with Crippen molar-refractivity contribution in [3.05, 3.63) is 95.2 Å². The van der Waals surface area contributed by atoms with E-state index in [-0.39, 0.29) is 6.04 Å². The van der Waals surface area contributed by atoms with Crippen LogP contribution < -0.4 is 10.1 Å². The van der Waals surface area contributed by atoms with Crippen molar-refractivity contribution >= 4 is 16.6 Å². The lowest BCUT2D eigenvalue weighted by atomic mass is 9.95. The van der Waals surface area contributed by atoms with Gasteiger partial charge in [-0.25, -0.2) is 0 Å². The van der Waals surface area contributed by atoms with Crippen LogP contribution in [0.2, 0.25) is 0 Å². The molecule has 3 heteroatoms. The molecular formula is C24H24N2O. The van der Waals surface area contributed by atoms with Gasteiger partial charge in [-0.1, -0.05) is 54.1 Å². The maximum atomic E-state index is 5.68. The van der Waals surface area contributed by atoms with Crippen LogP contribution in [0.15, 0.2) is 72.8 Å². The summed E-state index contributed by atoms with van der Waals surface area (Å²) in [7, 11) is 1.73. The molecule has 0 aliphatic rings. The number of fused-ring (bicyclic) bond motifs is 1. The average Bonchev–Trinajstić information content (AvgIpc) is 3.03. The van der Waals surface area contributed by atoms with Gasteiger partial charge in [0.25, 0.3) is 0 Å². The van der Waals surface area contributed by atoms with Gasteiger partial charge in [-0.2, -0.15) is 0 Å². The van der Waals surface area contributed by atoms with Crippen LogP contribution in [0.25, 0.3) is 10.9 Å². The minimum absolute atomic E-state index is 0.0278. The number of benzene rings is 3. The molecule has 0 amide bonds. The standard InChI is InChI=1S/C24H24N2O/c1-16-12-14-18(15-13-16)26-24(20-9-5-7-11-22(20)27-3)23-17(2)25-21-10-6-4-8-19(21)23/h4-15,24-26H,1-3H3/t24-/m0/s1. The highest BCUT2D eigenvalue weighted by atomic mass is 16.5. The molecule has 0 unspecified atom stereocenters. The average molecular weight is 356 g/mol. The van der Waals surface area contributed by atoms with Crippen LogP contribution in [0, 0.1) is 13.8 Å². The number of methoxy groups -OCH3 is 1. The number of aromatic amines is 1. The second-order valence-corrected chi connectivity index (χ2v) is 6.89. The topological polar surface area (TPSA) is 37.0 Å². The van der Waals surface area contributed by atoms with Gasteiger partial charge in [0, 0.05) is 33.4 Å². The normalized spacial score (nSPS) is 12.1. The van der Waals surface area contributed by atoms with E-state index >= 15 is 0 Å². The Hall–Kier alpha value is -3.20. The molecule has 0 aliphatic carbocycles. The molecule has 4 rings (SSSR count). The molecule has 0 saturated carbocycles. The van der Waals surface area contributed by atoms with E-state index in [4.69, 9.17) is 4.74 Å². The smallest absolute Gasteiger partial charge is 0.124 e. The molecule has 0 aliphatic heterocycles. The van der Waals surface area contributed by atoms with Crippen LogP contribution in [0.1, 0.15) is 28.4 Å². The summed E-state index contributed by atoms with van der Waals surface area (Å²) < 4.78 is 5.68. The summed E-state index contributed by atoms with van der Waals surface area (Å²) in [5.41, 5.74) is 7.00. The molecule has 3 nitrogen and oxygen atoms in total. The van der Waals surface area contributed by atoms with Crippen LogP contribution in [0.5, 0.6) is 5.75 Å². The zero-order chi connectivity index (χ0) is 18.8. The van der Waals surface area contributed by atoms with E-state index in [0.717, 1.165) is 28.2 Å². The Morgan fingerprint density at radius 3 is 2.33 bits per heavy atom. The molecule has 1 heterocycles. The van der Waals surface area contributed by atoms with E-state index in [1.807, 2.05) is 12.1 Å². The number of para-hydroxylation sites is 2. The van der Waals surface area contributed by atoms with Crippen LogP contribution in [-0.4, -0.2) is 12.1 Å². The maximum Gasteiger partial charge on any atom is 0.124 e. The Kier molecular flexibility index (Phi) is 4.59. The Morgan fingerprint density at radius 1 is 0.852 bits per heavy atom. The summed E-state index contributed by atoms with van der Waals surface area (Å²) in [6.07, 6.45) is 0. The van der Waals surface area contributed by atoms with E-state index < -0.39 is 0 Å². The highest BCUT2D eigenvalue weighted by Crippen LogP contribution is 2.38. The van der Waals surface area contributed by atoms with Crippen molar-refractivity contribution in [1.29, 1.82) is 0 Å². The van der Waals surface area contributed by atoms with Crippen molar-refractivity contribution in [1.82, 2.24) is 4.98 Å². The highest BCUT2D eigenvalue weighted by Gasteiger charge is 2.23. The Labute approximate surface area is 160 Å². The zero-order valence-corrected chi connectivity index (χ0v) is 15.9.